The first kappa shape index (κ1) is 17.8. The minimum Gasteiger partial charge on any atom is -0.326 e. The van der Waals surface area contributed by atoms with Crippen molar-refractivity contribution in [3.8, 4) is 11.4 Å². The largest absolute Gasteiger partial charge is 0.326 e. The molecule has 0 aliphatic heterocycles. The van der Waals surface area contributed by atoms with Crippen molar-refractivity contribution >= 4 is 17.4 Å². The smallest absolute Gasteiger partial charge is 0.168 e. The fraction of sp³-hybridized carbons (Fsp3) is 0.182. The molecule has 0 aliphatic rings. The van der Waals surface area contributed by atoms with Gasteiger partial charge in [-0.3, -0.25) is 4.40 Å². The molecule has 0 saturated heterocycles. The molecule has 0 fully saturated rings. The first-order valence-electron chi connectivity index (χ1n) is 9.07. The van der Waals surface area contributed by atoms with Crippen LogP contribution in [0.5, 0.6) is 0 Å². The summed E-state index contributed by atoms with van der Waals surface area (Å²) in [5.41, 5.74) is 10.3. The van der Waals surface area contributed by atoms with Crippen LogP contribution < -0.4 is 5.73 Å². The molecule has 4 rings (SSSR count). The molecule has 0 spiro atoms. The lowest BCUT2D eigenvalue weighted by Gasteiger charge is -2.12. The first-order chi connectivity index (χ1) is 13.2. The van der Waals surface area contributed by atoms with E-state index in [9.17, 15) is 0 Å². The Morgan fingerprint density at radius 2 is 1.74 bits per heavy atom. The Morgan fingerprint density at radius 1 is 0.963 bits per heavy atom. The van der Waals surface area contributed by atoms with Gasteiger partial charge < -0.3 is 5.73 Å². The lowest BCUT2D eigenvalue weighted by Crippen LogP contribution is -1.98. The summed E-state index contributed by atoms with van der Waals surface area (Å²) in [6.07, 6.45) is 2.11. The normalized spacial score (nSPS) is 11.4. The average molecular weight is 375 g/mol. The second-order valence-corrected chi connectivity index (χ2v) is 7.89. The maximum atomic E-state index is 5.88. The summed E-state index contributed by atoms with van der Waals surface area (Å²) in [7, 11) is 0. The molecule has 0 bridgehead atoms. The van der Waals surface area contributed by atoms with Gasteiger partial charge in [0.2, 0.25) is 0 Å². The lowest BCUT2D eigenvalue weighted by atomic mass is 9.97. The van der Waals surface area contributed by atoms with Crippen molar-refractivity contribution < 1.29 is 0 Å². The third kappa shape index (κ3) is 3.48. The molecule has 2 aromatic carbocycles. The van der Waals surface area contributed by atoms with E-state index >= 15 is 0 Å². The molecule has 0 amide bonds. The molecule has 0 saturated carbocycles. The van der Waals surface area contributed by atoms with Crippen LogP contribution in [0.3, 0.4) is 0 Å². The van der Waals surface area contributed by atoms with Crippen molar-refractivity contribution in [3.05, 3.63) is 78.0 Å². The molecule has 2 heterocycles. The van der Waals surface area contributed by atoms with E-state index < -0.39 is 0 Å². The second kappa shape index (κ2) is 7.55. The van der Waals surface area contributed by atoms with Gasteiger partial charge in [0, 0.05) is 28.1 Å². The molecule has 2 aromatic heterocycles. The topological polar surface area (TPSA) is 56.2 Å². The summed E-state index contributed by atoms with van der Waals surface area (Å²) in [5.74, 6) is 1.30. The maximum Gasteiger partial charge on any atom is 0.168 e. The van der Waals surface area contributed by atoms with Crippen molar-refractivity contribution in [3.63, 3.8) is 0 Å². The van der Waals surface area contributed by atoms with Gasteiger partial charge in [-0.1, -0.05) is 68.1 Å². The third-order valence-corrected chi connectivity index (χ3v) is 5.71. The van der Waals surface area contributed by atoms with Crippen LogP contribution in [0.15, 0.2) is 76.7 Å². The van der Waals surface area contributed by atoms with Gasteiger partial charge in [0.25, 0.3) is 0 Å². The zero-order valence-corrected chi connectivity index (χ0v) is 16.3. The average Bonchev–Trinajstić information content (AvgIpc) is 3.11. The molecule has 27 heavy (non-hydrogen) atoms. The molecular formula is C22H22N4S. The van der Waals surface area contributed by atoms with Gasteiger partial charge in [0.05, 0.1) is 0 Å². The van der Waals surface area contributed by atoms with Gasteiger partial charge in [0.1, 0.15) is 0 Å². The number of hydrogen-bond donors (Lipinski definition) is 1. The highest BCUT2D eigenvalue weighted by Gasteiger charge is 2.14. The van der Waals surface area contributed by atoms with E-state index in [-0.39, 0.29) is 0 Å². The van der Waals surface area contributed by atoms with Gasteiger partial charge in [-0.05, 0) is 35.2 Å². The Balaban J connectivity index is 1.79. The van der Waals surface area contributed by atoms with Crippen molar-refractivity contribution in [2.75, 3.05) is 0 Å². The molecule has 0 aliphatic carbocycles. The summed E-state index contributed by atoms with van der Waals surface area (Å²) < 4.78 is 2.08. The predicted molar refractivity (Wildman–Crippen MR) is 111 cm³/mol. The van der Waals surface area contributed by atoms with Crippen LogP contribution in [0.4, 0.5) is 0 Å². The number of pyridine rings is 1. The van der Waals surface area contributed by atoms with Crippen molar-refractivity contribution in [1.82, 2.24) is 14.6 Å². The van der Waals surface area contributed by atoms with Crippen LogP contribution in [-0.4, -0.2) is 14.6 Å². The van der Waals surface area contributed by atoms with E-state index in [0.717, 1.165) is 27.5 Å². The molecule has 136 valence electrons. The monoisotopic (exact) mass is 374 g/mol. The Morgan fingerprint density at radius 3 is 2.56 bits per heavy atom. The Bertz CT molecular complexity index is 1080. The van der Waals surface area contributed by atoms with E-state index in [1.807, 2.05) is 18.2 Å². The van der Waals surface area contributed by atoms with E-state index in [1.54, 1.807) is 11.8 Å². The third-order valence-electron chi connectivity index (χ3n) is 4.62. The fourth-order valence-electron chi connectivity index (χ4n) is 3.22. The number of aromatic nitrogens is 3. The molecule has 0 unspecified atom stereocenters. The Kier molecular flexibility index (Phi) is 4.97. The van der Waals surface area contributed by atoms with Crippen LogP contribution in [0.25, 0.3) is 17.0 Å². The number of benzene rings is 2. The van der Waals surface area contributed by atoms with Crippen molar-refractivity contribution in [1.29, 1.82) is 0 Å². The summed E-state index contributed by atoms with van der Waals surface area (Å²) in [6, 6.07) is 20.8. The molecule has 5 heteroatoms. The van der Waals surface area contributed by atoms with Gasteiger partial charge in [-0.15, -0.1) is 10.2 Å². The second-order valence-electron chi connectivity index (χ2n) is 6.77. The van der Waals surface area contributed by atoms with Crippen LogP contribution >= 0.6 is 11.8 Å². The van der Waals surface area contributed by atoms with Crippen LogP contribution in [0.1, 0.15) is 30.9 Å². The summed E-state index contributed by atoms with van der Waals surface area (Å²) in [4.78, 5) is 2.31. The summed E-state index contributed by atoms with van der Waals surface area (Å²) >= 11 is 1.72. The minimum atomic E-state index is 0.419. The van der Waals surface area contributed by atoms with Gasteiger partial charge in [0.15, 0.2) is 11.5 Å². The SMILES string of the molecule is CC(C)c1ccccc1-c1nnc2ccc(Sc3ccccc3CN)cn12. The fourth-order valence-corrected chi connectivity index (χ4v) is 4.20. The molecule has 4 aromatic rings. The molecule has 4 nitrogen and oxygen atoms in total. The van der Waals surface area contributed by atoms with E-state index in [4.69, 9.17) is 5.73 Å². The molecule has 2 N–H and O–H groups in total. The standard InChI is InChI=1S/C22H22N4S/c1-15(2)18-8-4-5-9-19(18)22-25-24-21-12-11-17(14-26(21)22)27-20-10-6-3-7-16(20)13-23/h3-12,14-15H,13,23H2,1-2H3. The Hall–Kier alpha value is -2.63. The minimum absolute atomic E-state index is 0.419. The quantitative estimate of drug-likeness (QED) is 0.526. The highest BCUT2D eigenvalue weighted by molar-refractivity contribution is 7.99. The number of nitrogens with two attached hydrogens (primary N) is 1. The Labute approximate surface area is 163 Å². The molecule has 0 atom stereocenters. The van der Waals surface area contributed by atoms with Crippen LogP contribution in [0.2, 0.25) is 0 Å². The highest BCUT2D eigenvalue weighted by atomic mass is 32.2. The summed E-state index contributed by atoms with van der Waals surface area (Å²) in [6.45, 7) is 4.94. The lowest BCUT2D eigenvalue weighted by molar-refractivity contribution is 0.865. The highest BCUT2D eigenvalue weighted by Crippen LogP contribution is 2.32. The van der Waals surface area contributed by atoms with Crippen LogP contribution in [0, 0.1) is 0 Å². The zero-order valence-electron chi connectivity index (χ0n) is 15.5. The maximum absolute atomic E-state index is 5.88. The molecule has 0 radical (unpaired) electrons. The number of hydrogen-bond acceptors (Lipinski definition) is 4. The zero-order chi connectivity index (χ0) is 18.8. The molecular weight excluding hydrogens is 352 g/mol. The summed E-state index contributed by atoms with van der Waals surface area (Å²) in [5, 5.41) is 8.84. The van der Waals surface area contributed by atoms with E-state index in [1.165, 1.54) is 10.5 Å². The predicted octanol–water partition coefficient (Wildman–Crippen LogP) is 5.13. The van der Waals surface area contributed by atoms with Gasteiger partial charge in [-0.25, -0.2) is 0 Å². The van der Waals surface area contributed by atoms with E-state index in [2.05, 4.69) is 77.1 Å². The van der Waals surface area contributed by atoms with Gasteiger partial charge >= 0.3 is 0 Å². The van der Waals surface area contributed by atoms with E-state index in [0.29, 0.717) is 12.5 Å². The number of rotatable bonds is 5. The van der Waals surface area contributed by atoms with Gasteiger partial charge in [-0.2, -0.15) is 0 Å². The number of nitrogens with zero attached hydrogens (tertiary/aromatic N) is 3. The number of fused-ring (bicyclic) bond motifs is 1. The van der Waals surface area contributed by atoms with Crippen molar-refractivity contribution in [2.45, 2.75) is 36.1 Å². The van der Waals surface area contributed by atoms with Crippen molar-refractivity contribution in [2.24, 2.45) is 5.73 Å². The van der Waals surface area contributed by atoms with Crippen LogP contribution in [-0.2, 0) is 6.54 Å². The first-order valence-corrected chi connectivity index (χ1v) is 9.89.